The fraction of sp³-hybridized carbons (Fsp3) is 0.154. The minimum absolute atomic E-state index is 0.0435. The fourth-order valence-electron chi connectivity index (χ4n) is 1.04. The van der Waals surface area contributed by atoms with Crippen LogP contribution >= 0.6 is 0 Å². The van der Waals surface area contributed by atoms with Crippen LogP contribution in [0.3, 0.4) is 0 Å². The van der Waals surface area contributed by atoms with Gasteiger partial charge in [0.15, 0.2) is 5.78 Å². The van der Waals surface area contributed by atoms with Crippen LogP contribution in [-0.4, -0.2) is 12.4 Å². The summed E-state index contributed by atoms with van der Waals surface area (Å²) >= 11 is 0. The van der Waals surface area contributed by atoms with Gasteiger partial charge in [0, 0.05) is 0 Å². The van der Waals surface area contributed by atoms with Crippen molar-refractivity contribution in [2.75, 3.05) is 6.61 Å². The first-order chi connectivity index (χ1) is 7.22. The number of carbonyl (C=O) groups is 1. The molecule has 0 aromatic heterocycles. The Balaban J connectivity index is 2.63. The number of benzene rings is 1. The van der Waals surface area contributed by atoms with Gasteiger partial charge in [-0.05, 0) is 30.7 Å². The molecule has 0 atom stereocenters. The van der Waals surface area contributed by atoms with Gasteiger partial charge in [0.25, 0.3) is 0 Å². The van der Waals surface area contributed by atoms with E-state index in [0.29, 0.717) is 6.61 Å². The topological polar surface area (TPSA) is 26.3 Å². The number of ether oxygens (including phenoxy) is 1. The third-order valence-electron chi connectivity index (χ3n) is 1.76. The fourth-order valence-corrected chi connectivity index (χ4v) is 1.04. The second kappa shape index (κ2) is 5.81. The molecule has 0 spiro atoms. The van der Waals surface area contributed by atoms with Gasteiger partial charge >= 0.3 is 0 Å². The minimum Gasteiger partial charge on any atom is -0.490 e. The van der Waals surface area contributed by atoms with Crippen molar-refractivity contribution in [1.29, 1.82) is 0 Å². The van der Waals surface area contributed by atoms with E-state index < -0.39 is 0 Å². The van der Waals surface area contributed by atoms with Crippen LogP contribution in [0.5, 0.6) is 5.75 Å². The van der Waals surface area contributed by atoms with E-state index in [1.807, 2.05) is 24.3 Å². The number of allylic oxidation sites excluding steroid dienone is 1. The van der Waals surface area contributed by atoms with Crippen LogP contribution in [0.25, 0.3) is 6.08 Å². The molecule has 1 aromatic rings. The van der Waals surface area contributed by atoms with Crippen LogP contribution in [-0.2, 0) is 4.79 Å². The molecule has 0 aliphatic heterocycles. The predicted octanol–water partition coefficient (Wildman–Crippen LogP) is 2.85. The van der Waals surface area contributed by atoms with E-state index >= 15 is 0 Å². The lowest BCUT2D eigenvalue weighted by Gasteiger charge is -2.02. The van der Waals surface area contributed by atoms with Crippen molar-refractivity contribution in [3.05, 3.63) is 48.6 Å². The highest BCUT2D eigenvalue weighted by Crippen LogP contribution is 2.13. The Bertz CT molecular complexity index is 361. The van der Waals surface area contributed by atoms with Crippen LogP contribution in [0.1, 0.15) is 12.5 Å². The highest BCUT2D eigenvalue weighted by Gasteiger charge is 1.92. The Morgan fingerprint density at radius 1 is 1.40 bits per heavy atom. The molecule has 2 heteroatoms. The molecule has 0 saturated carbocycles. The number of ketones is 1. The third-order valence-corrected chi connectivity index (χ3v) is 1.76. The lowest BCUT2D eigenvalue weighted by Crippen LogP contribution is -1.91. The van der Waals surface area contributed by atoms with Crippen LogP contribution in [0.15, 0.2) is 43.0 Å². The maximum absolute atomic E-state index is 10.7. The smallest absolute Gasteiger partial charge is 0.152 e. The summed E-state index contributed by atoms with van der Waals surface area (Å²) in [6, 6.07) is 7.53. The summed E-state index contributed by atoms with van der Waals surface area (Å²) in [7, 11) is 0. The monoisotopic (exact) mass is 202 g/mol. The van der Waals surface area contributed by atoms with Gasteiger partial charge in [0.1, 0.15) is 12.4 Å². The lowest BCUT2D eigenvalue weighted by molar-refractivity contribution is -0.112. The Morgan fingerprint density at radius 3 is 2.60 bits per heavy atom. The summed E-state index contributed by atoms with van der Waals surface area (Å²) < 4.78 is 5.33. The molecule has 78 valence electrons. The molecule has 0 N–H and O–H groups in total. The van der Waals surface area contributed by atoms with Crippen LogP contribution < -0.4 is 4.74 Å². The van der Waals surface area contributed by atoms with Gasteiger partial charge in [0.05, 0.1) is 0 Å². The molecule has 0 bridgehead atoms. The zero-order valence-electron chi connectivity index (χ0n) is 8.77. The first kappa shape index (κ1) is 11.2. The first-order valence-electron chi connectivity index (χ1n) is 4.75. The van der Waals surface area contributed by atoms with Gasteiger partial charge in [0.2, 0.25) is 0 Å². The molecule has 0 radical (unpaired) electrons. The summed E-state index contributed by atoms with van der Waals surface area (Å²) in [5.41, 5.74) is 0.983. The van der Waals surface area contributed by atoms with Crippen LogP contribution in [0.4, 0.5) is 0 Å². The number of carbonyl (C=O) groups excluding carboxylic acids is 1. The van der Waals surface area contributed by atoms with Crippen molar-refractivity contribution in [3.8, 4) is 5.75 Å². The van der Waals surface area contributed by atoms with Crippen LogP contribution in [0.2, 0.25) is 0 Å². The molecule has 0 amide bonds. The molecule has 15 heavy (non-hydrogen) atoms. The predicted molar refractivity (Wildman–Crippen MR) is 61.8 cm³/mol. The quantitative estimate of drug-likeness (QED) is 0.542. The van der Waals surface area contributed by atoms with Crippen molar-refractivity contribution < 1.29 is 9.53 Å². The Hall–Kier alpha value is -1.83. The van der Waals surface area contributed by atoms with Crippen molar-refractivity contribution in [3.63, 3.8) is 0 Å². The molecule has 1 aromatic carbocycles. The van der Waals surface area contributed by atoms with E-state index in [1.54, 1.807) is 18.2 Å². The van der Waals surface area contributed by atoms with Crippen LogP contribution in [0, 0.1) is 0 Å². The third kappa shape index (κ3) is 4.27. The minimum atomic E-state index is 0.0435. The molecule has 1 rings (SSSR count). The summed E-state index contributed by atoms with van der Waals surface area (Å²) in [4.78, 5) is 10.7. The standard InChI is InChI=1S/C13H14O2/c1-3-10-15-13-8-6-12(7-9-13)5-4-11(2)14/h3-9H,1,10H2,2H3/b5-4+. The van der Waals surface area contributed by atoms with Gasteiger partial charge in [-0.2, -0.15) is 0 Å². The largest absolute Gasteiger partial charge is 0.490 e. The van der Waals surface area contributed by atoms with Gasteiger partial charge in [-0.15, -0.1) is 0 Å². The average molecular weight is 202 g/mol. The summed E-state index contributed by atoms with van der Waals surface area (Å²) in [5.74, 6) is 0.844. The van der Waals surface area contributed by atoms with E-state index in [4.69, 9.17) is 4.74 Å². The maximum atomic E-state index is 10.7. The molecule has 2 nitrogen and oxygen atoms in total. The normalized spacial score (nSPS) is 10.2. The summed E-state index contributed by atoms with van der Waals surface area (Å²) in [6.45, 7) is 5.60. The zero-order valence-corrected chi connectivity index (χ0v) is 8.77. The number of hydrogen-bond donors (Lipinski definition) is 0. The Kier molecular flexibility index (Phi) is 4.35. The Labute approximate surface area is 89.9 Å². The second-order valence-corrected chi connectivity index (χ2v) is 3.11. The molecule has 0 aliphatic rings. The molecule has 0 heterocycles. The maximum Gasteiger partial charge on any atom is 0.152 e. The first-order valence-corrected chi connectivity index (χ1v) is 4.75. The average Bonchev–Trinajstić information content (AvgIpc) is 2.25. The number of rotatable bonds is 5. The highest BCUT2D eigenvalue weighted by molar-refractivity contribution is 5.91. The van der Waals surface area contributed by atoms with Crippen molar-refractivity contribution in [2.45, 2.75) is 6.92 Å². The molecular weight excluding hydrogens is 188 g/mol. The lowest BCUT2D eigenvalue weighted by atomic mass is 10.2. The highest BCUT2D eigenvalue weighted by atomic mass is 16.5. The molecule has 0 aliphatic carbocycles. The van der Waals surface area contributed by atoms with Crippen molar-refractivity contribution in [1.82, 2.24) is 0 Å². The Morgan fingerprint density at radius 2 is 2.07 bits per heavy atom. The van der Waals surface area contributed by atoms with E-state index in [9.17, 15) is 4.79 Å². The van der Waals surface area contributed by atoms with Gasteiger partial charge < -0.3 is 4.74 Å². The number of hydrogen-bond acceptors (Lipinski definition) is 2. The van der Waals surface area contributed by atoms with E-state index in [0.717, 1.165) is 11.3 Å². The molecule has 0 saturated heterocycles. The second-order valence-electron chi connectivity index (χ2n) is 3.11. The van der Waals surface area contributed by atoms with Gasteiger partial charge in [-0.3, -0.25) is 4.79 Å². The van der Waals surface area contributed by atoms with E-state index in [-0.39, 0.29) is 5.78 Å². The van der Waals surface area contributed by atoms with Gasteiger partial charge in [-0.25, -0.2) is 0 Å². The zero-order chi connectivity index (χ0) is 11.1. The van der Waals surface area contributed by atoms with Crippen molar-refractivity contribution >= 4 is 11.9 Å². The summed E-state index contributed by atoms with van der Waals surface area (Å²) in [6.07, 6.45) is 5.02. The summed E-state index contributed by atoms with van der Waals surface area (Å²) in [5, 5.41) is 0. The molecular formula is C13H14O2. The van der Waals surface area contributed by atoms with Gasteiger partial charge in [-0.1, -0.05) is 30.9 Å². The molecule has 0 fully saturated rings. The SMILES string of the molecule is C=CCOc1ccc(/C=C/C(C)=O)cc1. The van der Waals surface area contributed by atoms with Crippen molar-refractivity contribution in [2.24, 2.45) is 0 Å². The molecule has 0 unspecified atom stereocenters. The van der Waals surface area contributed by atoms with E-state index in [2.05, 4.69) is 6.58 Å². The van der Waals surface area contributed by atoms with E-state index in [1.165, 1.54) is 6.92 Å².